The molecule has 4 rings (SSSR count). The van der Waals surface area contributed by atoms with Gasteiger partial charge in [0.2, 0.25) is 0 Å². The van der Waals surface area contributed by atoms with Crippen LogP contribution in [-0.4, -0.2) is 75.7 Å². The van der Waals surface area contributed by atoms with Gasteiger partial charge in [-0.05, 0) is 49.7 Å². The lowest BCUT2D eigenvalue weighted by Crippen LogP contribution is -2.45. The molecule has 3 aromatic rings. The number of carbonyl (C=O) groups excluding carboxylic acids is 1. The Morgan fingerprint density at radius 3 is 2.50 bits per heavy atom. The van der Waals surface area contributed by atoms with Crippen LogP contribution in [0.5, 0.6) is 5.75 Å². The van der Waals surface area contributed by atoms with E-state index in [2.05, 4.69) is 39.6 Å². The van der Waals surface area contributed by atoms with E-state index in [-0.39, 0.29) is 23.0 Å². The minimum Gasteiger partial charge on any atom is -0.495 e. The molecule has 0 radical (unpaired) electrons. The summed E-state index contributed by atoms with van der Waals surface area (Å²) in [5.41, 5.74) is 1.58. The highest BCUT2D eigenvalue weighted by Gasteiger charge is 2.29. The van der Waals surface area contributed by atoms with Gasteiger partial charge in [0.05, 0.1) is 35.4 Å². The topological polar surface area (TPSA) is 105 Å². The molecule has 226 valence electrons. The van der Waals surface area contributed by atoms with Gasteiger partial charge in [-0.2, -0.15) is 13.2 Å². The fourth-order valence-corrected chi connectivity index (χ4v) is 5.51. The van der Waals surface area contributed by atoms with E-state index in [1.54, 1.807) is 24.3 Å². The number of aromatic nitrogens is 1. The van der Waals surface area contributed by atoms with Gasteiger partial charge in [-0.3, -0.25) is 0 Å². The van der Waals surface area contributed by atoms with Crippen molar-refractivity contribution in [1.82, 2.24) is 14.8 Å². The van der Waals surface area contributed by atoms with Crippen LogP contribution in [0.15, 0.2) is 47.5 Å². The number of urea groups is 1. The number of benzene rings is 2. The van der Waals surface area contributed by atoms with E-state index < -0.39 is 28.6 Å². The normalized spacial score (nSPS) is 14.7. The van der Waals surface area contributed by atoms with Gasteiger partial charge in [-0.25, -0.2) is 13.2 Å². The number of halogens is 3. The van der Waals surface area contributed by atoms with Crippen molar-refractivity contribution < 1.29 is 31.1 Å². The van der Waals surface area contributed by atoms with E-state index in [9.17, 15) is 26.4 Å². The number of methoxy groups -OCH3 is 1. The maximum absolute atomic E-state index is 13.2. The number of hydrogen-bond acceptors (Lipinski definition) is 6. The number of piperidine rings is 1. The van der Waals surface area contributed by atoms with Crippen LogP contribution in [0.4, 0.5) is 29.3 Å². The van der Waals surface area contributed by atoms with Crippen molar-refractivity contribution >= 4 is 38.1 Å². The molecule has 2 aromatic carbocycles. The summed E-state index contributed by atoms with van der Waals surface area (Å²) in [6, 6.07) is 8.74. The summed E-state index contributed by atoms with van der Waals surface area (Å²) in [6.45, 7) is 3.78. The van der Waals surface area contributed by atoms with Gasteiger partial charge < -0.3 is 30.2 Å². The van der Waals surface area contributed by atoms with Gasteiger partial charge in [-0.15, -0.1) is 0 Å². The van der Waals surface area contributed by atoms with Crippen LogP contribution >= 0.6 is 0 Å². The Kier molecular flexibility index (Phi) is 9.58. The number of amides is 2. The Morgan fingerprint density at radius 1 is 1.12 bits per heavy atom. The van der Waals surface area contributed by atoms with Crippen molar-refractivity contribution in [2.24, 2.45) is 0 Å². The SMILES string of the molecule is CCN1CCC(NC(=O)Nc2cc(C#CCNc3ccc(S(C)(=O)=O)cc3OC)cc3c2ccn3CC(F)(F)F)CC1. The van der Waals surface area contributed by atoms with Gasteiger partial charge >= 0.3 is 12.2 Å². The summed E-state index contributed by atoms with van der Waals surface area (Å²) in [4.78, 5) is 15.3. The first-order valence-corrected chi connectivity index (χ1v) is 15.4. The molecule has 42 heavy (non-hydrogen) atoms. The molecule has 0 unspecified atom stereocenters. The highest BCUT2D eigenvalue weighted by atomic mass is 32.2. The minimum absolute atomic E-state index is 0.00987. The van der Waals surface area contributed by atoms with Gasteiger partial charge in [0.25, 0.3) is 0 Å². The van der Waals surface area contributed by atoms with Crippen LogP contribution in [-0.2, 0) is 16.4 Å². The van der Waals surface area contributed by atoms with E-state index in [4.69, 9.17) is 4.74 Å². The van der Waals surface area contributed by atoms with E-state index >= 15 is 0 Å². The second-order valence-electron chi connectivity index (χ2n) is 10.1. The average molecular weight is 606 g/mol. The molecular formula is C29H34F3N5O4S. The van der Waals surface area contributed by atoms with Crippen LogP contribution in [0, 0.1) is 11.8 Å². The molecule has 0 aliphatic carbocycles. The van der Waals surface area contributed by atoms with Gasteiger partial charge in [-0.1, -0.05) is 18.8 Å². The summed E-state index contributed by atoms with van der Waals surface area (Å²) in [7, 11) is -1.99. The van der Waals surface area contributed by atoms with Gasteiger partial charge in [0.1, 0.15) is 12.3 Å². The smallest absolute Gasteiger partial charge is 0.406 e. The van der Waals surface area contributed by atoms with Crippen molar-refractivity contribution in [3.8, 4) is 17.6 Å². The number of ether oxygens (including phenoxy) is 1. The standard InChI is InChI=1S/C29H34F3N5O4S/c1-4-36-13-9-21(10-14-36)34-28(38)35-25-16-20(17-26-23(25)11-15-37(26)19-29(30,31)32)6-5-12-33-24-8-7-22(42(3,39)40)18-27(24)41-2/h7-8,11,15-18,21,33H,4,9-10,12-14,19H2,1-3H3,(H2,34,35,38). The molecule has 0 spiro atoms. The molecule has 2 heterocycles. The molecule has 13 heteroatoms. The number of sulfone groups is 1. The van der Waals surface area contributed by atoms with Gasteiger partial charge in [0.15, 0.2) is 9.84 Å². The van der Waals surface area contributed by atoms with Crippen LogP contribution in [0.3, 0.4) is 0 Å². The van der Waals surface area contributed by atoms with Crippen molar-refractivity contribution in [2.75, 3.05) is 50.2 Å². The van der Waals surface area contributed by atoms with Crippen molar-refractivity contribution in [3.05, 3.63) is 48.2 Å². The summed E-state index contributed by atoms with van der Waals surface area (Å²) in [5, 5.41) is 9.32. The number of carbonyl (C=O) groups is 1. The first kappa shape index (κ1) is 31.1. The first-order chi connectivity index (χ1) is 19.9. The Morgan fingerprint density at radius 2 is 1.86 bits per heavy atom. The maximum atomic E-state index is 13.2. The molecule has 1 aliphatic rings. The Labute approximate surface area is 243 Å². The van der Waals surface area contributed by atoms with E-state index in [0.29, 0.717) is 28.1 Å². The van der Waals surface area contributed by atoms with Crippen molar-refractivity contribution in [3.63, 3.8) is 0 Å². The first-order valence-electron chi connectivity index (χ1n) is 13.5. The predicted molar refractivity (Wildman–Crippen MR) is 157 cm³/mol. The molecule has 0 saturated carbocycles. The van der Waals surface area contributed by atoms with Crippen LogP contribution in [0.25, 0.3) is 10.9 Å². The number of anilines is 2. The summed E-state index contributed by atoms with van der Waals surface area (Å²) in [6.07, 6.45) is -0.350. The molecule has 0 bridgehead atoms. The molecule has 1 aliphatic heterocycles. The highest BCUT2D eigenvalue weighted by molar-refractivity contribution is 7.90. The van der Waals surface area contributed by atoms with Crippen LogP contribution in [0.1, 0.15) is 25.3 Å². The molecule has 1 aromatic heterocycles. The van der Waals surface area contributed by atoms with Crippen molar-refractivity contribution in [2.45, 2.75) is 43.4 Å². The minimum atomic E-state index is -4.43. The highest BCUT2D eigenvalue weighted by Crippen LogP contribution is 2.30. The maximum Gasteiger partial charge on any atom is 0.406 e. The lowest BCUT2D eigenvalue weighted by molar-refractivity contribution is -0.139. The van der Waals surface area contributed by atoms with E-state index in [1.165, 1.54) is 25.4 Å². The summed E-state index contributed by atoms with van der Waals surface area (Å²) in [5.74, 6) is 6.20. The number of fused-ring (bicyclic) bond motifs is 1. The summed E-state index contributed by atoms with van der Waals surface area (Å²) >= 11 is 0. The number of nitrogens with zero attached hydrogens (tertiary/aromatic N) is 2. The number of alkyl halides is 3. The summed E-state index contributed by atoms with van der Waals surface area (Å²) < 4.78 is 69.8. The third kappa shape index (κ3) is 8.10. The quantitative estimate of drug-likeness (QED) is 0.322. The lowest BCUT2D eigenvalue weighted by Gasteiger charge is -2.31. The van der Waals surface area contributed by atoms with Crippen LogP contribution < -0.4 is 20.7 Å². The molecule has 3 N–H and O–H groups in total. The number of hydrogen-bond donors (Lipinski definition) is 3. The monoisotopic (exact) mass is 605 g/mol. The third-order valence-corrected chi connectivity index (χ3v) is 8.17. The Balaban J connectivity index is 1.54. The fourth-order valence-electron chi connectivity index (χ4n) is 4.87. The fraction of sp³-hybridized carbons (Fsp3) is 0.414. The average Bonchev–Trinajstić information content (AvgIpc) is 3.32. The van der Waals surface area contributed by atoms with Crippen LogP contribution in [0.2, 0.25) is 0 Å². The number of likely N-dealkylation sites (tertiary alicyclic amines) is 1. The molecule has 0 atom stereocenters. The lowest BCUT2D eigenvalue weighted by atomic mass is 10.1. The molecule has 2 amide bonds. The van der Waals surface area contributed by atoms with Crippen molar-refractivity contribution in [1.29, 1.82) is 0 Å². The Hall–Kier alpha value is -3.89. The number of nitrogens with one attached hydrogen (secondary N) is 3. The van der Waals surface area contributed by atoms with Gasteiger partial charge in [0, 0.05) is 48.6 Å². The van der Waals surface area contributed by atoms with E-state index in [1.807, 2.05) is 0 Å². The zero-order valence-corrected chi connectivity index (χ0v) is 24.5. The Bertz CT molecular complexity index is 1600. The second-order valence-corrected chi connectivity index (χ2v) is 12.1. The second kappa shape index (κ2) is 13.0. The molecule has 1 saturated heterocycles. The third-order valence-electron chi connectivity index (χ3n) is 7.06. The zero-order valence-electron chi connectivity index (χ0n) is 23.6. The molecule has 9 nitrogen and oxygen atoms in total. The van der Waals surface area contributed by atoms with E-state index in [0.717, 1.165) is 43.3 Å². The largest absolute Gasteiger partial charge is 0.495 e. The number of rotatable bonds is 8. The zero-order chi connectivity index (χ0) is 30.5. The predicted octanol–water partition coefficient (Wildman–Crippen LogP) is 4.69. The molecule has 1 fully saturated rings. The molecular weight excluding hydrogens is 571 g/mol.